The zero-order valence-corrected chi connectivity index (χ0v) is 12.2. The number of sulfonamides is 1. The maximum absolute atomic E-state index is 12.0. The van der Waals surface area contributed by atoms with E-state index in [1.54, 1.807) is 4.90 Å². The zero-order chi connectivity index (χ0) is 13.8. The monoisotopic (exact) mass is 277 g/mol. The lowest BCUT2D eigenvalue weighted by Crippen LogP contribution is -2.50. The molecule has 6 nitrogen and oxygen atoms in total. The highest BCUT2D eigenvalue weighted by Crippen LogP contribution is 2.04. The van der Waals surface area contributed by atoms with Crippen LogP contribution in [0.4, 0.5) is 0 Å². The molecule has 7 heteroatoms. The number of nitrogens with zero attached hydrogens (tertiary/aromatic N) is 3. The van der Waals surface area contributed by atoms with Crippen LogP contribution < -0.4 is 0 Å². The minimum absolute atomic E-state index is 0.0314. The number of hydrogen-bond acceptors (Lipinski definition) is 4. The number of likely N-dealkylation sites (N-methyl/N-ethyl adjacent to an activating group) is 1. The Hall–Kier alpha value is -0.660. The largest absolute Gasteiger partial charge is 0.339 e. The molecule has 0 saturated carbocycles. The standard InChI is InChI=1S/C11H23N3O3S/c1-4-5-14(18(3,16)17)10-11(15)13-8-6-12(2)7-9-13/h4-10H2,1-3H3. The van der Waals surface area contributed by atoms with Gasteiger partial charge in [0.15, 0.2) is 0 Å². The summed E-state index contributed by atoms with van der Waals surface area (Å²) in [6.45, 7) is 5.32. The molecule has 0 aromatic rings. The summed E-state index contributed by atoms with van der Waals surface area (Å²) in [5, 5.41) is 0. The molecule has 1 amide bonds. The minimum Gasteiger partial charge on any atom is -0.339 e. The van der Waals surface area contributed by atoms with E-state index in [4.69, 9.17) is 0 Å². The molecular formula is C11H23N3O3S. The number of carbonyl (C=O) groups excluding carboxylic acids is 1. The summed E-state index contributed by atoms with van der Waals surface area (Å²) in [4.78, 5) is 15.9. The number of amides is 1. The third kappa shape index (κ3) is 4.55. The molecule has 1 aliphatic heterocycles. The van der Waals surface area contributed by atoms with Gasteiger partial charge in [-0.05, 0) is 13.5 Å². The zero-order valence-electron chi connectivity index (χ0n) is 11.4. The van der Waals surface area contributed by atoms with Crippen LogP contribution in [0.5, 0.6) is 0 Å². The SMILES string of the molecule is CCCN(CC(=O)N1CCN(C)CC1)S(C)(=O)=O. The minimum atomic E-state index is -3.30. The smallest absolute Gasteiger partial charge is 0.237 e. The van der Waals surface area contributed by atoms with E-state index in [-0.39, 0.29) is 12.5 Å². The highest BCUT2D eigenvalue weighted by atomic mass is 32.2. The Morgan fingerprint density at radius 1 is 1.22 bits per heavy atom. The van der Waals surface area contributed by atoms with E-state index in [0.717, 1.165) is 19.3 Å². The first-order valence-electron chi connectivity index (χ1n) is 6.26. The van der Waals surface area contributed by atoms with Gasteiger partial charge in [-0.3, -0.25) is 4.79 Å². The van der Waals surface area contributed by atoms with Crippen molar-refractivity contribution in [3.05, 3.63) is 0 Å². The molecule has 0 aliphatic carbocycles. The Bertz CT molecular complexity index is 375. The molecule has 1 heterocycles. The predicted octanol–water partition coefficient (Wildman–Crippen LogP) is -0.568. The second kappa shape index (κ2) is 6.49. The third-order valence-electron chi connectivity index (χ3n) is 3.11. The molecule has 1 fully saturated rings. The lowest BCUT2D eigenvalue weighted by atomic mass is 10.3. The second-order valence-corrected chi connectivity index (χ2v) is 6.76. The summed E-state index contributed by atoms with van der Waals surface area (Å²) >= 11 is 0. The Kier molecular flexibility index (Phi) is 5.55. The van der Waals surface area contributed by atoms with Gasteiger partial charge in [-0.1, -0.05) is 6.92 Å². The van der Waals surface area contributed by atoms with Crippen LogP contribution in [-0.4, -0.2) is 81.0 Å². The lowest BCUT2D eigenvalue weighted by Gasteiger charge is -2.33. The normalized spacial score (nSPS) is 18.3. The first-order chi connectivity index (χ1) is 8.34. The summed E-state index contributed by atoms with van der Waals surface area (Å²) in [7, 11) is -1.28. The molecule has 106 valence electrons. The van der Waals surface area contributed by atoms with Crippen LogP contribution in [0.3, 0.4) is 0 Å². The second-order valence-electron chi connectivity index (χ2n) is 4.78. The van der Waals surface area contributed by atoms with Crippen molar-refractivity contribution in [1.29, 1.82) is 0 Å². The van der Waals surface area contributed by atoms with Crippen molar-refractivity contribution in [2.24, 2.45) is 0 Å². The topological polar surface area (TPSA) is 60.9 Å². The van der Waals surface area contributed by atoms with Gasteiger partial charge in [0, 0.05) is 32.7 Å². The molecule has 1 saturated heterocycles. The van der Waals surface area contributed by atoms with Gasteiger partial charge in [-0.2, -0.15) is 4.31 Å². The average molecular weight is 277 g/mol. The van der Waals surface area contributed by atoms with Crippen molar-refractivity contribution in [3.8, 4) is 0 Å². The van der Waals surface area contributed by atoms with Gasteiger partial charge in [0.25, 0.3) is 0 Å². The number of rotatable bonds is 5. The number of piperazine rings is 1. The Balaban J connectivity index is 2.56. The summed E-state index contributed by atoms with van der Waals surface area (Å²) in [6.07, 6.45) is 1.86. The molecule has 0 radical (unpaired) electrons. The highest BCUT2D eigenvalue weighted by Gasteiger charge is 2.24. The van der Waals surface area contributed by atoms with Gasteiger partial charge in [0.2, 0.25) is 15.9 Å². The Labute approximate surface area is 110 Å². The van der Waals surface area contributed by atoms with Crippen LogP contribution in [0.2, 0.25) is 0 Å². The molecule has 0 aromatic heterocycles. The third-order valence-corrected chi connectivity index (χ3v) is 4.36. The maximum atomic E-state index is 12.0. The molecular weight excluding hydrogens is 254 g/mol. The van der Waals surface area contributed by atoms with E-state index in [1.807, 2.05) is 14.0 Å². The van der Waals surface area contributed by atoms with Crippen LogP contribution in [0.15, 0.2) is 0 Å². The van der Waals surface area contributed by atoms with E-state index in [2.05, 4.69) is 4.90 Å². The summed E-state index contributed by atoms with van der Waals surface area (Å²) in [5.41, 5.74) is 0. The van der Waals surface area contributed by atoms with Crippen LogP contribution in [0, 0.1) is 0 Å². The number of hydrogen-bond donors (Lipinski definition) is 0. The van der Waals surface area contributed by atoms with E-state index >= 15 is 0 Å². The highest BCUT2D eigenvalue weighted by molar-refractivity contribution is 7.88. The molecule has 0 atom stereocenters. The summed E-state index contributed by atoms with van der Waals surface area (Å²) in [6, 6.07) is 0. The van der Waals surface area contributed by atoms with Crippen molar-refractivity contribution in [2.45, 2.75) is 13.3 Å². The summed E-state index contributed by atoms with van der Waals surface area (Å²) in [5.74, 6) is -0.0954. The van der Waals surface area contributed by atoms with Gasteiger partial charge >= 0.3 is 0 Å². The molecule has 0 N–H and O–H groups in total. The van der Waals surface area contributed by atoms with Gasteiger partial charge in [0.1, 0.15) is 0 Å². The molecule has 1 aliphatic rings. The lowest BCUT2D eigenvalue weighted by molar-refractivity contribution is -0.132. The molecule has 0 bridgehead atoms. The van der Waals surface area contributed by atoms with Crippen LogP contribution in [0.1, 0.15) is 13.3 Å². The first kappa shape index (κ1) is 15.4. The van der Waals surface area contributed by atoms with Crippen LogP contribution in [0.25, 0.3) is 0 Å². The Morgan fingerprint density at radius 2 is 1.78 bits per heavy atom. The van der Waals surface area contributed by atoms with Crippen molar-refractivity contribution in [2.75, 3.05) is 52.6 Å². The van der Waals surface area contributed by atoms with E-state index in [0.29, 0.717) is 26.1 Å². The van der Waals surface area contributed by atoms with E-state index < -0.39 is 10.0 Å². The fourth-order valence-electron chi connectivity index (χ4n) is 1.92. The molecule has 0 unspecified atom stereocenters. The molecule has 0 aromatic carbocycles. The van der Waals surface area contributed by atoms with E-state index in [1.165, 1.54) is 4.31 Å². The molecule has 18 heavy (non-hydrogen) atoms. The molecule has 0 spiro atoms. The van der Waals surface area contributed by atoms with Gasteiger partial charge < -0.3 is 9.80 Å². The molecule has 1 rings (SSSR count). The quantitative estimate of drug-likeness (QED) is 0.675. The fourth-order valence-corrected chi connectivity index (χ4v) is 2.78. The van der Waals surface area contributed by atoms with Crippen molar-refractivity contribution < 1.29 is 13.2 Å². The maximum Gasteiger partial charge on any atom is 0.237 e. The van der Waals surface area contributed by atoms with Crippen molar-refractivity contribution >= 4 is 15.9 Å². The average Bonchev–Trinajstić information content (AvgIpc) is 2.28. The van der Waals surface area contributed by atoms with E-state index in [9.17, 15) is 13.2 Å². The first-order valence-corrected chi connectivity index (χ1v) is 8.11. The van der Waals surface area contributed by atoms with Gasteiger partial charge in [-0.25, -0.2) is 8.42 Å². The van der Waals surface area contributed by atoms with Crippen molar-refractivity contribution in [1.82, 2.24) is 14.1 Å². The van der Waals surface area contributed by atoms with Crippen LogP contribution >= 0.6 is 0 Å². The van der Waals surface area contributed by atoms with Gasteiger partial charge in [0.05, 0.1) is 12.8 Å². The van der Waals surface area contributed by atoms with Gasteiger partial charge in [-0.15, -0.1) is 0 Å². The predicted molar refractivity (Wildman–Crippen MR) is 70.8 cm³/mol. The van der Waals surface area contributed by atoms with Crippen molar-refractivity contribution in [3.63, 3.8) is 0 Å². The number of carbonyl (C=O) groups is 1. The fraction of sp³-hybridized carbons (Fsp3) is 0.909. The summed E-state index contributed by atoms with van der Waals surface area (Å²) < 4.78 is 24.3. The Morgan fingerprint density at radius 3 is 2.22 bits per heavy atom. The van der Waals surface area contributed by atoms with Crippen LogP contribution in [-0.2, 0) is 14.8 Å².